The number of hydrogen-bond acceptors (Lipinski definition) is 3. The van der Waals surface area contributed by atoms with Gasteiger partial charge in [-0.25, -0.2) is 4.79 Å². The maximum absolute atomic E-state index is 11.6. The number of carboxylic acid groups (broad SMARTS) is 1. The molecule has 0 saturated heterocycles. The number of carbonyl (C=O) groups is 1. The van der Waals surface area contributed by atoms with Crippen LogP contribution in [0, 0.1) is 0 Å². The van der Waals surface area contributed by atoms with Crippen LogP contribution in [0.3, 0.4) is 0 Å². The molecule has 4 nitrogen and oxygen atoms in total. The van der Waals surface area contributed by atoms with E-state index in [1.165, 1.54) is 6.08 Å². The van der Waals surface area contributed by atoms with E-state index < -0.39 is 17.9 Å². The SMILES string of the molecule is C=CC[C@H](N=C([O-])c1ccccc1)C(=O)O.[K+]. The molecule has 5 heteroatoms. The second-order valence-corrected chi connectivity index (χ2v) is 3.18. The summed E-state index contributed by atoms with van der Waals surface area (Å²) in [5, 5.41) is 20.4. The molecule has 0 spiro atoms. The van der Waals surface area contributed by atoms with Crippen molar-refractivity contribution >= 4 is 11.9 Å². The van der Waals surface area contributed by atoms with Crippen LogP contribution in [-0.4, -0.2) is 23.0 Å². The summed E-state index contributed by atoms with van der Waals surface area (Å²) in [7, 11) is 0. The fourth-order valence-electron chi connectivity index (χ4n) is 1.16. The van der Waals surface area contributed by atoms with Gasteiger partial charge >= 0.3 is 57.4 Å². The van der Waals surface area contributed by atoms with E-state index in [1.807, 2.05) is 0 Å². The first-order valence-corrected chi connectivity index (χ1v) is 4.79. The van der Waals surface area contributed by atoms with E-state index in [4.69, 9.17) is 5.11 Å². The maximum atomic E-state index is 11.6. The van der Waals surface area contributed by atoms with Crippen LogP contribution in [0.2, 0.25) is 0 Å². The van der Waals surface area contributed by atoms with E-state index in [2.05, 4.69) is 11.6 Å². The molecule has 0 saturated carbocycles. The molecule has 0 aliphatic rings. The minimum absolute atomic E-state index is 0. The van der Waals surface area contributed by atoms with Crippen LogP contribution < -0.4 is 56.5 Å². The topological polar surface area (TPSA) is 72.7 Å². The largest absolute Gasteiger partial charge is 1.00 e. The van der Waals surface area contributed by atoms with E-state index in [1.54, 1.807) is 30.3 Å². The van der Waals surface area contributed by atoms with Crippen LogP contribution >= 0.6 is 0 Å². The smallest absolute Gasteiger partial charge is 0.858 e. The van der Waals surface area contributed by atoms with Crippen LogP contribution in [0.15, 0.2) is 48.0 Å². The van der Waals surface area contributed by atoms with Crippen LogP contribution in [0.25, 0.3) is 0 Å². The van der Waals surface area contributed by atoms with Gasteiger partial charge in [-0.1, -0.05) is 36.4 Å². The molecule has 1 N–H and O–H groups in total. The fourth-order valence-corrected chi connectivity index (χ4v) is 1.16. The second kappa shape index (κ2) is 8.60. The summed E-state index contributed by atoms with van der Waals surface area (Å²) in [5.41, 5.74) is 0.387. The number of aliphatic carboxylic acids is 1. The molecule has 1 atom stereocenters. The number of hydrogen-bond donors (Lipinski definition) is 1. The zero-order valence-electron chi connectivity index (χ0n) is 9.67. The van der Waals surface area contributed by atoms with Gasteiger partial charge in [-0.2, -0.15) is 0 Å². The Balaban J connectivity index is 0.00000256. The summed E-state index contributed by atoms with van der Waals surface area (Å²) in [6.45, 7) is 3.43. The number of aliphatic imine (C=N–C) groups is 1. The summed E-state index contributed by atoms with van der Waals surface area (Å²) in [4.78, 5) is 14.4. The van der Waals surface area contributed by atoms with Crippen molar-refractivity contribution in [3.63, 3.8) is 0 Å². The average molecular weight is 257 g/mol. The van der Waals surface area contributed by atoms with Crippen molar-refractivity contribution in [2.24, 2.45) is 4.99 Å². The Bertz CT molecular complexity index is 403. The predicted molar refractivity (Wildman–Crippen MR) is 59.2 cm³/mol. The van der Waals surface area contributed by atoms with Gasteiger partial charge in [0, 0.05) is 0 Å². The van der Waals surface area contributed by atoms with Crippen molar-refractivity contribution in [3.05, 3.63) is 48.6 Å². The first-order valence-electron chi connectivity index (χ1n) is 4.79. The Morgan fingerprint density at radius 2 is 2.06 bits per heavy atom. The van der Waals surface area contributed by atoms with E-state index in [0.717, 1.165) is 0 Å². The Labute approximate surface area is 142 Å². The quantitative estimate of drug-likeness (QED) is 0.282. The summed E-state index contributed by atoms with van der Waals surface area (Å²) in [6, 6.07) is 7.31. The predicted octanol–water partition coefficient (Wildman–Crippen LogP) is -2.17. The van der Waals surface area contributed by atoms with Crippen LogP contribution in [0.4, 0.5) is 0 Å². The normalized spacial score (nSPS) is 12.4. The molecule has 1 aromatic rings. The monoisotopic (exact) mass is 257 g/mol. The number of carboxylic acids is 1. The van der Waals surface area contributed by atoms with Crippen LogP contribution in [-0.2, 0) is 4.79 Å². The average Bonchev–Trinajstić information content (AvgIpc) is 2.29. The molecule has 0 aliphatic carbocycles. The number of nitrogens with zero attached hydrogens (tertiary/aromatic N) is 1. The third-order valence-corrected chi connectivity index (χ3v) is 1.97. The van der Waals surface area contributed by atoms with Crippen molar-refractivity contribution in [1.82, 2.24) is 0 Å². The van der Waals surface area contributed by atoms with Crippen molar-refractivity contribution in [1.29, 1.82) is 0 Å². The van der Waals surface area contributed by atoms with Crippen LogP contribution in [0.1, 0.15) is 12.0 Å². The van der Waals surface area contributed by atoms with Crippen LogP contribution in [0.5, 0.6) is 0 Å². The molecule has 84 valence electrons. The van der Waals surface area contributed by atoms with Gasteiger partial charge in [0.2, 0.25) is 0 Å². The van der Waals surface area contributed by atoms with Gasteiger partial charge in [0.05, 0.1) is 0 Å². The minimum atomic E-state index is -1.12. The second-order valence-electron chi connectivity index (χ2n) is 3.18. The third-order valence-electron chi connectivity index (χ3n) is 1.97. The molecule has 0 fully saturated rings. The molecule has 17 heavy (non-hydrogen) atoms. The Morgan fingerprint density at radius 3 is 2.53 bits per heavy atom. The van der Waals surface area contributed by atoms with Gasteiger partial charge in [0.15, 0.2) is 0 Å². The summed E-state index contributed by atoms with van der Waals surface area (Å²) < 4.78 is 0. The Hall–Kier alpha value is -0.464. The molecule has 1 rings (SSSR count). The molecule has 0 aliphatic heterocycles. The maximum Gasteiger partial charge on any atom is 1.00 e. The van der Waals surface area contributed by atoms with Gasteiger partial charge < -0.3 is 10.2 Å². The molecular formula is C12H12KNO3. The molecule has 1 aromatic carbocycles. The third kappa shape index (κ3) is 5.61. The standard InChI is InChI=1S/C12H13NO3.K/c1-2-6-10(12(15)16)13-11(14)9-7-4-3-5-8-9;/h2-5,7-8,10H,1,6H2,(H,13,14)(H,15,16);/q;+1/p-1/t10-;/m0./s1. The van der Waals surface area contributed by atoms with E-state index >= 15 is 0 Å². The van der Waals surface area contributed by atoms with Crippen molar-refractivity contribution < 1.29 is 66.4 Å². The molecule has 0 amide bonds. The number of rotatable bonds is 5. The fraction of sp³-hybridized carbons (Fsp3) is 0.167. The summed E-state index contributed by atoms with van der Waals surface area (Å²) in [5.74, 6) is -1.64. The van der Waals surface area contributed by atoms with Gasteiger partial charge in [0.25, 0.3) is 0 Å². The molecule has 0 heterocycles. The summed E-state index contributed by atoms with van der Waals surface area (Å²) in [6.07, 6.45) is 1.58. The Morgan fingerprint density at radius 1 is 1.47 bits per heavy atom. The molecule has 0 unspecified atom stereocenters. The first kappa shape index (κ1) is 16.5. The van der Waals surface area contributed by atoms with Crippen molar-refractivity contribution in [2.75, 3.05) is 0 Å². The molecule has 0 aromatic heterocycles. The number of benzene rings is 1. The first-order chi connectivity index (χ1) is 7.65. The van der Waals surface area contributed by atoms with Gasteiger partial charge in [-0.05, 0) is 17.9 Å². The van der Waals surface area contributed by atoms with Crippen molar-refractivity contribution in [2.45, 2.75) is 12.5 Å². The van der Waals surface area contributed by atoms with E-state index in [0.29, 0.717) is 5.56 Å². The van der Waals surface area contributed by atoms with Gasteiger partial charge in [-0.15, -0.1) is 6.58 Å². The molecule has 0 radical (unpaired) electrons. The van der Waals surface area contributed by atoms with Gasteiger partial charge in [0.1, 0.15) is 6.04 Å². The zero-order valence-corrected chi connectivity index (χ0v) is 12.8. The zero-order chi connectivity index (χ0) is 12.0. The van der Waals surface area contributed by atoms with E-state index in [-0.39, 0.29) is 57.8 Å². The van der Waals surface area contributed by atoms with Crippen molar-refractivity contribution in [3.8, 4) is 0 Å². The molecular weight excluding hydrogens is 245 g/mol. The van der Waals surface area contributed by atoms with Gasteiger partial charge in [-0.3, -0.25) is 4.99 Å². The van der Waals surface area contributed by atoms with E-state index in [9.17, 15) is 9.90 Å². The minimum Gasteiger partial charge on any atom is -0.858 e. The molecule has 0 bridgehead atoms. The summed E-state index contributed by atoms with van der Waals surface area (Å²) >= 11 is 0. The Kier molecular flexibility index (Phi) is 8.37.